The number of piperidine rings is 1. The van der Waals surface area contributed by atoms with Crippen molar-refractivity contribution in [3.63, 3.8) is 0 Å². The lowest BCUT2D eigenvalue weighted by molar-refractivity contribution is -0.169. The molecule has 1 amide bonds. The molecule has 2 saturated heterocycles. The van der Waals surface area contributed by atoms with Crippen LogP contribution < -0.4 is 0 Å². The van der Waals surface area contributed by atoms with E-state index in [-0.39, 0.29) is 24.2 Å². The van der Waals surface area contributed by atoms with E-state index in [9.17, 15) is 9.90 Å². The molecule has 0 aromatic heterocycles. The van der Waals surface area contributed by atoms with E-state index in [0.29, 0.717) is 18.9 Å². The van der Waals surface area contributed by atoms with Gasteiger partial charge in [0.1, 0.15) is 11.7 Å². The van der Waals surface area contributed by atoms with Crippen molar-refractivity contribution >= 4 is 6.09 Å². The van der Waals surface area contributed by atoms with E-state index in [4.69, 9.17) is 14.2 Å². The van der Waals surface area contributed by atoms with E-state index in [1.54, 1.807) is 4.90 Å². The van der Waals surface area contributed by atoms with E-state index in [0.717, 1.165) is 19.4 Å². The van der Waals surface area contributed by atoms with Crippen LogP contribution in [0.15, 0.2) is 0 Å². The molecule has 24 heavy (non-hydrogen) atoms. The number of aliphatic hydroxyl groups excluding tert-OH is 1. The van der Waals surface area contributed by atoms with Crippen LogP contribution in [0.5, 0.6) is 0 Å². The van der Waals surface area contributed by atoms with Gasteiger partial charge >= 0.3 is 6.09 Å². The number of rotatable bonds is 1. The number of amides is 1. The maximum absolute atomic E-state index is 12.4. The number of ether oxygens (including phenoxy) is 3. The predicted molar refractivity (Wildman–Crippen MR) is 88.5 cm³/mol. The Bertz CT molecular complexity index is 486. The maximum atomic E-state index is 12.4. The van der Waals surface area contributed by atoms with Crippen LogP contribution in [0, 0.1) is 11.8 Å². The van der Waals surface area contributed by atoms with Crippen LogP contribution in [0.25, 0.3) is 0 Å². The van der Waals surface area contributed by atoms with Gasteiger partial charge in [-0.3, -0.25) is 0 Å². The summed E-state index contributed by atoms with van der Waals surface area (Å²) in [5, 5.41) is 10.4. The quantitative estimate of drug-likeness (QED) is 0.794. The molecule has 3 fully saturated rings. The number of likely N-dealkylation sites (tertiary alicyclic amines) is 1. The Kier molecular flexibility index (Phi) is 4.60. The number of carbonyl (C=O) groups is 1. The lowest BCUT2D eigenvalue weighted by Gasteiger charge is -2.38. The molecule has 5 atom stereocenters. The molecule has 1 N–H and O–H groups in total. The van der Waals surface area contributed by atoms with E-state index in [1.165, 1.54) is 0 Å². The molecule has 0 aromatic carbocycles. The summed E-state index contributed by atoms with van der Waals surface area (Å²) in [7, 11) is 0. The Hall–Kier alpha value is -0.850. The maximum Gasteiger partial charge on any atom is 0.410 e. The first-order chi connectivity index (χ1) is 11.1. The summed E-state index contributed by atoms with van der Waals surface area (Å²) < 4.78 is 17.4. The van der Waals surface area contributed by atoms with Gasteiger partial charge in [0.05, 0.1) is 12.2 Å². The molecule has 2 unspecified atom stereocenters. The minimum Gasteiger partial charge on any atom is -0.444 e. The number of fused-ring (bicyclic) bond motifs is 1. The predicted octanol–water partition coefficient (Wildman–Crippen LogP) is 2.53. The fourth-order valence-electron chi connectivity index (χ4n) is 4.31. The zero-order valence-electron chi connectivity index (χ0n) is 15.4. The van der Waals surface area contributed by atoms with Gasteiger partial charge in [0.2, 0.25) is 0 Å². The first kappa shape index (κ1) is 18.0. The number of carbonyl (C=O) groups excluding carboxylic acids is 1. The molecule has 138 valence electrons. The molecule has 2 heterocycles. The van der Waals surface area contributed by atoms with Gasteiger partial charge < -0.3 is 24.2 Å². The first-order valence-corrected chi connectivity index (χ1v) is 9.07. The van der Waals surface area contributed by atoms with Crippen LogP contribution in [0.4, 0.5) is 4.79 Å². The highest BCUT2D eigenvalue weighted by atomic mass is 16.8. The molecular formula is C18H31NO5. The minimum atomic E-state index is -0.644. The Labute approximate surface area is 144 Å². The van der Waals surface area contributed by atoms with Gasteiger partial charge in [-0.25, -0.2) is 4.79 Å². The van der Waals surface area contributed by atoms with Crippen LogP contribution in [0.3, 0.4) is 0 Å². The number of aliphatic hydroxyl groups is 1. The van der Waals surface area contributed by atoms with E-state index >= 15 is 0 Å². The molecular weight excluding hydrogens is 310 g/mol. The van der Waals surface area contributed by atoms with Gasteiger partial charge in [0.25, 0.3) is 0 Å². The highest BCUT2D eigenvalue weighted by molar-refractivity contribution is 5.68. The van der Waals surface area contributed by atoms with Crippen molar-refractivity contribution in [3.8, 4) is 0 Å². The lowest BCUT2D eigenvalue weighted by atomic mass is 9.83. The van der Waals surface area contributed by atoms with E-state index in [2.05, 4.69) is 0 Å². The van der Waals surface area contributed by atoms with Crippen LogP contribution in [0.1, 0.15) is 53.9 Å². The molecule has 2 aliphatic heterocycles. The van der Waals surface area contributed by atoms with Crippen LogP contribution >= 0.6 is 0 Å². The summed E-state index contributed by atoms with van der Waals surface area (Å²) in [6.07, 6.45) is 1.62. The highest BCUT2D eigenvalue weighted by Crippen LogP contribution is 2.46. The standard InChI is InChI=1S/C18H31NO5/c1-17(2,3)24-16(21)19-8-6-7-11(10-19)12-9-13(20)15-14(12)22-18(4,5)23-15/h11-15,20H,6-10H2,1-5H3/t11?,12?,13-,14+,15-/m0/s1. The van der Waals surface area contributed by atoms with Crippen molar-refractivity contribution < 1.29 is 24.1 Å². The normalized spacial score (nSPS) is 38.9. The summed E-state index contributed by atoms with van der Waals surface area (Å²) in [4.78, 5) is 14.2. The molecule has 0 spiro atoms. The minimum absolute atomic E-state index is 0.0846. The lowest BCUT2D eigenvalue weighted by Crippen LogP contribution is -2.46. The van der Waals surface area contributed by atoms with E-state index < -0.39 is 17.5 Å². The van der Waals surface area contributed by atoms with Gasteiger partial charge in [-0.05, 0) is 65.7 Å². The number of hydrogen-bond acceptors (Lipinski definition) is 5. The average molecular weight is 341 g/mol. The smallest absolute Gasteiger partial charge is 0.410 e. The van der Waals surface area contributed by atoms with E-state index in [1.807, 2.05) is 34.6 Å². The van der Waals surface area contributed by atoms with Crippen molar-refractivity contribution in [2.24, 2.45) is 11.8 Å². The second-order valence-electron chi connectivity index (χ2n) is 8.86. The number of hydrogen-bond donors (Lipinski definition) is 1. The monoisotopic (exact) mass is 341 g/mol. The Morgan fingerprint density at radius 1 is 1.25 bits per heavy atom. The number of nitrogens with zero attached hydrogens (tertiary/aromatic N) is 1. The SMILES string of the molecule is CC(C)(C)OC(=O)N1CCCC(C2C[C@H](O)[C@@H]3OC(C)(C)O[C@H]23)C1. The molecule has 0 radical (unpaired) electrons. The molecule has 1 saturated carbocycles. The fourth-order valence-corrected chi connectivity index (χ4v) is 4.31. The van der Waals surface area contributed by atoms with Crippen molar-refractivity contribution in [3.05, 3.63) is 0 Å². The van der Waals surface area contributed by atoms with Gasteiger partial charge in [0.15, 0.2) is 5.79 Å². The third-order valence-corrected chi connectivity index (χ3v) is 5.19. The van der Waals surface area contributed by atoms with Crippen LogP contribution in [0.2, 0.25) is 0 Å². The Morgan fingerprint density at radius 2 is 1.92 bits per heavy atom. The topological polar surface area (TPSA) is 68.2 Å². The third kappa shape index (κ3) is 3.70. The largest absolute Gasteiger partial charge is 0.444 e. The molecule has 6 heteroatoms. The Balaban J connectivity index is 1.66. The summed E-state index contributed by atoms with van der Waals surface area (Å²) in [6, 6.07) is 0. The molecule has 0 bridgehead atoms. The Morgan fingerprint density at radius 3 is 2.58 bits per heavy atom. The zero-order valence-corrected chi connectivity index (χ0v) is 15.4. The molecule has 6 nitrogen and oxygen atoms in total. The first-order valence-electron chi connectivity index (χ1n) is 9.07. The average Bonchev–Trinajstić information content (AvgIpc) is 2.92. The zero-order chi connectivity index (χ0) is 17.7. The summed E-state index contributed by atoms with van der Waals surface area (Å²) >= 11 is 0. The molecule has 0 aromatic rings. The van der Waals surface area contributed by atoms with Gasteiger partial charge in [-0.1, -0.05) is 0 Å². The van der Waals surface area contributed by atoms with Gasteiger partial charge in [-0.2, -0.15) is 0 Å². The molecule has 3 rings (SSSR count). The summed E-state index contributed by atoms with van der Waals surface area (Å²) in [6.45, 7) is 10.8. The van der Waals surface area contributed by atoms with Crippen molar-refractivity contribution in [1.82, 2.24) is 4.90 Å². The second kappa shape index (κ2) is 6.15. The van der Waals surface area contributed by atoms with Gasteiger partial charge in [-0.15, -0.1) is 0 Å². The van der Waals surface area contributed by atoms with Gasteiger partial charge in [0, 0.05) is 13.1 Å². The van der Waals surface area contributed by atoms with Crippen molar-refractivity contribution in [1.29, 1.82) is 0 Å². The molecule has 3 aliphatic rings. The summed E-state index contributed by atoms with van der Waals surface area (Å²) in [5.74, 6) is -0.112. The van der Waals surface area contributed by atoms with Crippen LogP contribution in [-0.4, -0.2) is 58.9 Å². The van der Waals surface area contributed by atoms with Crippen molar-refractivity contribution in [2.75, 3.05) is 13.1 Å². The fraction of sp³-hybridized carbons (Fsp3) is 0.944. The third-order valence-electron chi connectivity index (χ3n) is 5.19. The van der Waals surface area contributed by atoms with Crippen molar-refractivity contribution in [2.45, 2.75) is 83.6 Å². The summed E-state index contributed by atoms with van der Waals surface area (Å²) in [5.41, 5.74) is -0.481. The van der Waals surface area contributed by atoms with Crippen LogP contribution in [-0.2, 0) is 14.2 Å². The highest BCUT2D eigenvalue weighted by Gasteiger charge is 2.55. The second-order valence-corrected chi connectivity index (χ2v) is 8.86. The molecule has 1 aliphatic carbocycles.